The normalized spacial score (nSPS) is 16.2. The molecule has 5 N–H and O–H groups in total. The number of ether oxygens (including phenoxy) is 2. The first-order valence-electron chi connectivity index (χ1n) is 21.0. The van der Waals surface area contributed by atoms with E-state index in [0.29, 0.717) is 38.7 Å². The highest BCUT2D eigenvalue weighted by atomic mass is 32.2. The summed E-state index contributed by atoms with van der Waals surface area (Å²) in [5.74, 6) is -1.07. The monoisotopic (exact) mass is 931 g/mol. The molecule has 0 aromatic heterocycles. The molecule has 15 nitrogen and oxygen atoms in total. The second-order valence-electron chi connectivity index (χ2n) is 16.3. The van der Waals surface area contributed by atoms with Gasteiger partial charge in [0.25, 0.3) is 5.91 Å². The number of nitrogens with zero attached hydrogens (tertiary/aromatic N) is 1. The number of methoxy groups -OCH3 is 1. The van der Waals surface area contributed by atoms with E-state index in [-0.39, 0.29) is 25.3 Å². The standard InChI is InChI=1S/C49H50N5O10PS/c1-49(2,3)63-48(58)53-52-40(29-32-21-25-37(26-22-32)64-65(59,60)62-31-33-13-6-5-7-14-33)46(56)51-44-45(35-23-27-36(61-4)28-24-35)66-42-20-11-10-19-41(42)54(47(44)57)30-43(55)50-39-18-12-16-34-15-8-9-17-38(34)39/h5-28,40,44-45,52H,29-31H2,1-4H3,(H,50,55)(H,51,56)(H,53,58)(H,59,60)/t40-,44+,45+/m0/s1. The molecule has 1 aliphatic rings. The lowest BCUT2D eigenvalue weighted by atomic mass is 10.0. The van der Waals surface area contributed by atoms with Crippen molar-refractivity contribution in [1.82, 2.24) is 16.2 Å². The molecule has 1 unspecified atom stereocenters. The average molecular weight is 932 g/mol. The predicted octanol–water partition coefficient (Wildman–Crippen LogP) is 8.49. The summed E-state index contributed by atoms with van der Waals surface area (Å²) in [6.07, 6.45) is -0.906. The summed E-state index contributed by atoms with van der Waals surface area (Å²) in [6.45, 7) is 4.55. The number of carbonyl (C=O) groups excluding carboxylic acids is 4. The van der Waals surface area contributed by atoms with Crippen LogP contribution in [0.25, 0.3) is 10.8 Å². The Morgan fingerprint density at radius 2 is 1.47 bits per heavy atom. The first kappa shape index (κ1) is 47.3. The van der Waals surface area contributed by atoms with Crippen LogP contribution in [0.2, 0.25) is 0 Å². The largest absolute Gasteiger partial charge is 0.527 e. The molecular weight excluding hydrogens is 882 g/mol. The molecule has 6 aromatic carbocycles. The smallest absolute Gasteiger partial charge is 0.497 e. The van der Waals surface area contributed by atoms with Crippen molar-refractivity contribution in [2.24, 2.45) is 0 Å². The van der Waals surface area contributed by atoms with Crippen LogP contribution in [0.15, 0.2) is 150 Å². The van der Waals surface area contributed by atoms with E-state index >= 15 is 4.79 Å². The quantitative estimate of drug-likeness (QED) is 0.0460. The van der Waals surface area contributed by atoms with Gasteiger partial charge in [0.1, 0.15) is 35.7 Å². The second-order valence-corrected chi connectivity index (χ2v) is 18.8. The van der Waals surface area contributed by atoms with Crippen molar-refractivity contribution in [2.75, 3.05) is 23.9 Å². The van der Waals surface area contributed by atoms with E-state index in [2.05, 4.69) is 21.5 Å². The number of fused-ring (bicyclic) bond motifs is 2. The van der Waals surface area contributed by atoms with Crippen LogP contribution in [0, 0.1) is 0 Å². The number of phosphoric acid groups is 1. The van der Waals surface area contributed by atoms with Gasteiger partial charge in [0.05, 0.1) is 24.7 Å². The second kappa shape index (κ2) is 21.1. The third-order valence-electron chi connectivity index (χ3n) is 10.2. The van der Waals surface area contributed by atoms with Gasteiger partial charge in [0.15, 0.2) is 0 Å². The fourth-order valence-corrected chi connectivity index (χ4v) is 9.24. The first-order valence-corrected chi connectivity index (χ1v) is 23.4. The summed E-state index contributed by atoms with van der Waals surface area (Å²) in [7, 11) is -2.97. The van der Waals surface area contributed by atoms with Gasteiger partial charge >= 0.3 is 13.9 Å². The van der Waals surface area contributed by atoms with Gasteiger partial charge in [-0.25, -0.2) is 14.8 Å². The number of para-hydroxylation sites is 1. The van der Waals surface area contributed by atoms with Crippen molar-refractivity contribution in [1.29, 1.82) is 0 Å². The molecular formula is C49H50N5O10PS. The molecule has 0 saturated heterocycles. The zero-order chi connectivity index (χ0) is 46.8. The molecule has 17 heteroatoms. The van der Waals surface area contributed by atoms with Crippen LogP contribution in [0.5, 0.6) is 11.5 Å². The molecule has 0 aliphatic carbocycles. The maximum absolute atomic E-state index is 15.1. The zero-order valence-electron chi connectivity index (χ0n) is 36.6. The number of phosphoric ester groups is 1. The Balaban J connectivity index is 1.16. The van der Waals surface area contributed by atoms with Gasteiger partial charge in [0.2, 0.25) is 11.8 Å². The minimum Gasteiger partial charge on any atom is -0.497 e. The number of hydrogen-bond acceptors (Lipinski definition) is 11. The Labute approximate surface area is 386 Å². The lowest BCUT2D eigenvalue weighted by molar-refractivity contribution is -0.129. The van der Waals surface area contributed by atoms with E-state index in [0.717, 1.165) is 10.8 Å². The summed E-state index contributed by atoms with van der Waals surface area (Å²) >= 11 is 1.36. The molecule has 0 saturated carbocycles. The highest BCUT2D eigenvalue weighted by Gasteiger charge is 2.41. The third kappa shape index (κ3) is 12.6. The van der Waals surface area contributed by atoms with E-state index in [1.165, 1.54) is 28.8 Å². The number of carbonyl (C=O) groups is 4. The molecule has 1 heterocycles. The Hall–Kier alpha value is -6.68. The first-order chi connectivity index (χ1) is 31.6. The minimum absolute atomic E-state index is 0.0334. The van der Waals surface area contributed by atoms with E-state index in [1.54, 1.807) is 94.6 Å². The van der Waals surface area contributed by atoms with Crippen LogP contribution < -0.4 is 35.6 Å². The van der Waals surface area contributed by atoms with Crippen molar-refractivity contribution in [3.05, 3.63) is 162 Å². The van der Waals surface area contributed by atoms with Crippen LogP contribution in [0.4, 0.5) is 16.2 Å². The fourth-order valence-electron chi connectivity index (χ4n) is 7.15. The molecule has 342 valence electrons. The summed E-state index contributed by atoms with van der Waals surface area (Å²) in [5, 5.41) is 7.02. The summed E-state index contributed by atoms with van der Waals surface area (Å²) < 4.78 is 34.1. The van der Waals surface area contributed by atoms with Crippen LogP contribution >= 0.6 is 19.6 Å². The lowest BCUT2D eigenvalue weighted by Crippen LogP contribution is -2.58. The van der Waals surface area contributed by atoms with E-state index in [9.17, 15) is 23.8 Å². The molecule has 4 amide bonds. The number of amides is 4. The highest BCUT2D eigenvalue weighted by molar-refractivity contribution is 7.99. The molecule has 1 aliphatic heterocycles. The van der Waals surface area contributed by atoms with E-state index in [1.807, 2.05) is 66.7 Å². The van der Waals surface area contributed by atoms with Crippen molar-refractivity contribution in [2.45, 2.75) is 61.6 Å². The maximum atomic E-state index is 15.1. The summed E-state index contributed by atoms with van der Waals surface area (Å²) in [5.41, 5.74) is 7.37. The van der Waals surface area contributed by atoms with Crippen LogP contribution in [-0.2, 0) is 41.2 Å². The Morgan fingerprint density at radius 3 is 2.20 bits per heavy atom. The Morgan fingerprint density at radius 1 is 0.803 bits per heavy atom. The highest BCUT2D eigenvalue weighted by Crippen LogP contribution is 2.47. The van der Waals surface area contributed by atoms with Gasteiger partial charge in [0, 0.05) is 16.0 Å². The molecule has 6 aromatic rings. The minimum atomic E-state index is -4.52. The zero-order valence-corrected chi connectivity index (χ0v) is 38.3. The van der Waals surface area contributed by atoms with Crippen molar-refractivity contribution >= 4 is 65.5 Å². The van der Waals surface area contributed by atoms with Gasteiger partial charge < -0.3 is 29.5 Å². The number of thioether (sulfide) groups is 1. The van der Waals surface area contributed by atoms with Gasteiger partial charge in [-0.2, -0.15) is 0 Å². The number of hydrazine groups is 1. The van der Waals surface area contributed by atoms with Gasteiger partial charge in [-0.05, 0) is 91.7 Å². The SMILES string of the molecule is COc1ccc([C@H]2Sc3ccccc3N(CC(=O)Nc3cccc4ccccc34)C(=O)[C@@H]2NC(=O)[C@H](Cc2ccc(OP(=O)(O)OCc3ccccc3)cc2)NNC(=O)OC(C)(C)C)cc1. The van der Waals surface area contributed by atoms with Gasteiger partial charge in [-0.1, -0.05) is 103 Å². The molecule has 0 spiro atoms. The van der Waals surface area contributed by atoms with Gasteiger partial charge in [-0.15, -0.1) is 11.8 Å². The number of rotatable bonds is 16. The van der Waals surface area contributed by atoms with Gasteiger partial charge in [-0.3, -0.25) is 29.2 Å². The fraction of sp³-hybridized carbons (Fsp3) is 0.224. The maximum Gasteiger partial charge on any atom is 0.527 e. The molecule has 0 radical (unpaired) electrons. The third-order valence-corrected chi connectivity index (χ3v) is 12.5. The summed E-state index contributed by atoms with van der Waals surface area (Å²) in [6, 6.07) is 40.1. The number of hydrogen-bond donors (Lipinski definition) is 5. The van der Waals surface area contributed by atoms with E-state index in [4.69, 9.17) is 18.5 Å². The Kier molecular flexibility index (Phi) is 15.1. The van der Waals surface area contributed by atoms with Crippen molar-refractivity contribution in [3.8, 4) is 11.5 Å². The number of anilines is 2. The van der Waals surface area contributed by atoms with Crippen LogP contribution in [0.1, 0.15) is 42.7 Å². The lowest BCUT2D eigenvalue weighted by Gasteiger charge is -2.30. The molecule has 7 rings (SSSR count). The van der Waals surface area contributed by atoms with Crippen molar-refractivity contribution in [3.63, 3.8) is 0 Å². The summed E-state index contributed by atoms with van der Waals surface area (Å²) in [4.78, 5) is 69.2. The molecule has 0 bridgehead atoms. The predicted molar refractivity (Wildman–Crippen MR) is 253 cm³/mol. The molecule has 66 heavy (non-hydrogen) atoms. The van der Waals surface area contributed by atoms with Crippen LogP contribution in [-0.4, -0.2) is 60.0 Å². The topological polar surface area (TPSA) is 194 Å². The number of nitrogens with one attached hydrogen (secondary N) is 4. The van der Waals surface area contributed by atoms with E-state index < -0.39 is 54.6 Å². The average Bonchev–Trinajstić information content (AvgIpc) is 3.41. The number of benzene rings is 6. The molecule has 4 atom stereocenters. The van der Waals surface area contributed by atoms with Crippen molar-refractivity contribution < 1.29 is 47.2 Å². The molecule has 0 fully saturated rings. The van der Waals surface area contributed by atoms with Crippen LogP contribution in [0.3, 0.4) is 0 Å². The Bertz CT molecular complexity index is 2710.